The van der Waals surface area contributed by atoms with Crippen LogP contribution < -0.4 is 5.32 Å². The summed E-state index contributed by atoms with van der Waals surface area (Å²) in [5, 5.41) is 3.42. The normalized spacial score (nSPS) is 12.4. The minimum absolute atomic E-state index is 0.227. The van der Waals surface area contributed by atoms with Crippen LogP contribution in [-0.2, 0) is 6.54 Å². The van der Waals surface area contributed by atoms with Crippen LogP contribution in [0, 0.1) is 6.92 Å². The second kappa shape index (κ2) is 4.99. The van der Waals surface area contributed by atoms with Crippen LogP contribution in [0.4, 0.5) is 5.95 Å². The van der Waals surface area contributed by atoms with Crippen molar-refractivity contribution in [3.63, 3.8) is 0 Å². The Kier molecular flexibility index (Phi) is 3.42. The van der Waals surface area contributed by atoms with E-state index in [0.717, 1.165) is 18.2 Å². The van der Waals surface area contributed by atoms with Gasteiger partial charge in [0, 0.05) is 25.1 Å². The Bertz CT molecular complexity index is 475. The zero-order chi connectivity index (χ0) is 12.3. The number of pyridine rings is 1. The molecule has 2 aromatic rings. The van der Waals surface area contributed by atoms with Crippen molar-refractivity contribution in [3.05, 3.63) is 42.0 Å². The van der Waals surface area contributed by atoms with E-state index in [1.807, 2.05) is 31.5 Å². The molecule has 1 unspecified atom stereocenters. The lowest BCUT2D eigenvalue weighted by Crippen LogP contribution is -2.11. The molecule has 17 heavy (non-hydrogen) atoms. The number of anilines is 1. The first-order chi connectivity index (χ1) is 8.20. The lowest BCUT2D eigenvalue weighted by molar-refractivity contribution is 0.743. The largest absolute Gasteiger partial charge is 0.349 e. The van der Waals surface area contributed by atoms with Crippen LogP contribution in [0.2, 0.25) is 0 Å². The Morgan fingerprint density at radius 1 is 1.35 bits per heavy atom. The van der Waals surface area contributed by atoms with E-state index in [1.165, 1.54) is 5.56 Å². The fourth-order valence-electron chi connectivity index (χ4n) is 1.83. The van der Waals surface area contributed by atoms with Crippen LogP contribution in [-0.4, -0.2) is 14.5 Å². The number of hydrogen-bond acceptors (Lipinski definition) is 3. The van der Waals surface area contributed by atoms with Crippen LogP contribution in [0.15, 0.2) is 30.7 Å². The summed E-state index contributed by atoms with van der Waals surface area (Å²) >= 11 is 0. The van der Waals surface area contributed by atoms with Crippen molar-refractivity contribution in [1.82, 2.24) is 14.5 Å². The maximum absolute atomic E-state index is 4.48. The van der Waals surface area contributed by atoms with Crippen molar-refractivity contribution in [3.8, 4) is 0 Å². The highest BCUT2D eigenvalue weighted by atomic mass is 15.2. The molecule has 0 aliphatic rings. The third kappa shape index (κ3) is 2.64. The summed E-state index contributed by atoms with van der Waals surface area (Å²) in [6.45, 7) is 7.17. The summed E-state index contributed by atoms with van der Waals surface area (Å²) < 4.78 is 2.12. The minimum atomic E-state index is 0.227. The second-order valence-corrected chi connectivity index (χ2v) is 4.14. The number of nitrogens with one attached hydrogen (secondary N) is 1. The fraction of sp³-hybridized carbons (Fsp3) is 0.385. The van der Waals surface area contributed by atoms with Crippen molar-refractivity contribution in [2.75, 3.05) is 5.32 Å². The van der Waals surface area contributed by atoms with E-state index in [1.54, 1.807) is 0 Å². The Labute approximate surface area is 102 Å². The molecule has 0 saturated carbocycles. The van der Waals surface area contributed by atoms with Crippen LogP contribution in [0.3, 0.4) is 0 Å². The Balaban J connectivity index is 2.15. The molecular formula is C13H18N4. The molecule has 0 aromatic carbocycles. The molecule has 0 amide bonds. The maximum atomic E-state index is 4.48. The van der Waals surface area contributed by atoms with Gasteiger partial charge < -0.3 is 9.88 Å². The Morgan fingerprint density at radius 3 is 2.71 bits per heavy atom. The lowest BCUT2D eigenvalue weighted by Gasteiger charge is -2.15. The topological polar surface area (TPSA) is 42.7 Å². The van der Waals surface area contributed by atoms with E-state index < -0.39 is 0 Å². The molecule has 2 aromatic heterocycles. The van der Waals surface area contributed by atoms with Gasteiger partial charge in [-0.3, -0.25) is 4.98 Å². The summed E-state index contributed by atoms with van der Waals surface area (Å²) in [5.41, 5.74) is 2.25. The number of aromatic nitrogens is 3. The highest BCUT2D eigenvalue weighted by Gasteiger charge is 2.09. The number of nitrogens with zero attached hydrogens (tertiary/aromatic N) is 3. The van der Waals surface area contributed by atoms with Gasteiger partial charge in [-0.15, -0.1) is 0 Å². The zero-order valence-corrected chi connectivity index (χ0v) is 10.5. The summed E-state index contributed by atoms with van der Waals surface area (Å²) in [6.07, 6.45) is 5.68. The summed E-state index contributed by atoms with van der Waals surface area (Å²) in [7, 11) is 0. The Hall–Kier alpha value is -1.84. The molecule has 0 aliphatic carbocycles. The second-order valence-electron chi connectivity index (χ2n) is 4.14. The highest BCUT2D eigenvalue weighted by molar-refractivity contribution is 5.33. The van der Waals surface area contributed by atoms with E-state index in [2.05, 4.69) is 39.9 Å². The Morgan fingerprint density at radius 2 is 2.06 bits per heavy atom. The van der Waals surface area contributed by atoms with Gasteiger partial charge in [0.15, 0.2) is 0 Å². The van der Waals surface area contributed by atoms with Crippen molar-refractivity contribution >= 4 is 5.95 Å². The van der Waals surface area contributed by atoms with Gasteiger partial charge in [0.05, 0.1) is 11.7 Å². The molecule has 4 nitrogen and oxygen atoms in total. The van der Waals surface area contributed by atoms with E-state index in [9.17, 15) is 0 Å². The predicted octanol–water partition coefficient (Wildman–Crippen LogP) is 2.78. The van der Waals surface area contributed by atoms with Gasteiger partial charge >= 0.3 is 0 Å². The van der Waals surface area contributed by atoms with E-state index in [0.29, 0.717) is 0 Å². The monoisotopic (exact) mass is 230 g/mol. The average Bonchev–Trinajstić information content (AvgIpc) is 2.70. The summed E-state index contributed by atoms with van der Waals surface area (Å²) in [4.78, 5) is 8.51. The number of imidazole rings is 1. The molecule has 0 radical (unpaired) electrons. The molecule has 1 atom stereocenters. The number of aryl methyl sites for hydroxylation is 2. The van der Waals surface area contributed by atoms with Gasteiger partial charge in [0.2, 0.25) is 5.95 Å². The minimum Gasteiger partial charge on any atom is -0.349 e. The fourth-order valence-corrected chi connectivity index (χ4v) is 1.83. The smallest absolute Gasteiger partial charge is 0.203 e. The van der Waals surface area contributed by atoms with E-state index >= 15 is 0 Å². The molecule has 0 saturated heterocycles. The van der Waals surface area contributed by atoms with Crippen molar-refractivity contribution < 1.29 is 0 Å². The quantitative estimate of drug-likeness (QED) is 0.878. The third-order valence-electron chi connectivity index (χ3n) is 2.79. The van der Waals surface area contributed by atoms with Gasteiger partial charge in [-0.25, -0.2) is 4.98 Å². The van der Waals surface area contributed by atoms with Gasteiger partial charge in [0.1, 0.15) is 0 Å². The first-order valence-electron chi connectivity index (χ1n) is 5.91. The van der Waals surface area contributed by atoms with Crippen molar-refractivity contribution in [2.24, 2.45) is 0 Å². The highest BCUT2D eigenvalue weighted by Crippen LogP contribution is 2.18. The molecule has 0 aliphatic heterocycles. The molecule has 90 valence electrons. The molecule has 2 rings (SSSR count). The molecule has 1 N–H and O–H groups in total. The molecule has 4 heteroatoms. The van der Waals surface area contributed by atoms with Gasteiger partial charge in [-0.2, -0.15) is 0 Å². The summed E-state index contributed by atoms with van der Waals surface area (Å²) in [6, 6.07) is 4.26. The first-order valence-corrected chi connectivity index (χ1v) is 5.91. The first kappa shape index (κ1) is 11.6. The number of rotatable bonds is 4. The average molecular weight is 230 g/mol. The number of hydrogen-bond donors (Lipinski definition) is 1. The van der Waals surface area contributed by atoms with Crippen LogP contribution in [0.25, 0.3) is 0 Å². The molecule has 0 fully saturated rings. The van der Waals surface area contributed by atoms with Crippen molar-refractivity contribution in [1.29, 1.82) is 0 Å². The van der Waals surface area contributed by atoms with Crippen LogP contribution in [0.1, 0.15) is 31.1 Å². The van der Waals surface area contributed by atoms with Gasteiger partial charge in [0.25, 0.3) is 0 Å². The summed E-state index contributed by atoms with van der Waals surface area (Å²) in [5.74, 6) is 0.925. The van der Waals surface area contributed by atoms with E-state index in [-0.39, 0.29) is 6.04 Å². The molecular weight excluding hydrogens is 212 g/mol. The predicted molar refractivity (Wildman–Crippen MR) is 68.9 cm³/mol. The molecule has 0 spiro atoms. The standard InChI is InChI=1S/C13H18N4/c1-4-17-9-10(2)15-13(17)16-11(3)12-5-7-14-8-6-12/h5-9,11H,4H2,1-3H3,(H,15,16). The maximum Gasteiger partial charge on any atom is 0.203 e. The van der Waals surface area contributed by atoms with Crippen LogP contribution in [0.5, 0.6) is 0 Å². The SMILES string of the molecule is CCn1cc(C)nc1NC(C)c1ccncc1. The van der Waals surface area contributed by atoms with Gasteiger partial charge in [-0.05, 0) is 38.5 Å². The molecule has 2 heterocycles. The zero-order valence-electron chi connectivity index (χ0n) is 10.5. The van der Waals surface area contributed by atoms with Crippen LogP contribution >= 0.6 is 0 Å². The van der Waals surface area contributed by atoms with Gasteiger partial charge in [-0.1, -0.05) is 0 Å². The third-order valence-corrected chi connectivity index (χ3v) is 2.79. The van der Waals surface area contributed by atoms with E-state index in [4.69, 9.17) is 0 Å². The lowest BCUT2D eigenvalue weighted by atomic mass is 10.1. The molecule has 0 bridgehead atoms. The van der Waals surface area contributed by atoms with Crippen molar-refractivity contribution in [2.45, 2.75) is 33.4 Å².